The van der Waals surface area contributed by atoms with Crippen LogP contribution in [-0.4, -0.2) is 25.1 Å². The number of carbonyl (C=O) groups is 1. The molecule has 28 heavy (non-hydrogen) atoms. The van der Waals surface area contributed by atoms with Gasteiger partial charge in [0.2, 0.25) is 0 Å². The van der Waals surface area contributed by atoms with Crippen molar-refractivity contribution in [2.75, 3.05) is 7.11 Å². The van der Waals surface area contributed by atoms with E-state index < -0.39 is 5.60 Å². The first-order chi connectivity index (χ1) is 13.3. The molecular formula is C20H19Cl2N3O3. The van der Waals surface area contributed by atoms with Crippen LogP contribution in [0.3, 0.4) is 0 Å². The number of hydrogen-bond acceptors (Lipinski definition) is 5. The predicted molar refractivity (Wildman–Crippen MR) is 110 cm³/mol. The van der Waals surface area contributed by atoms with Gasteiger partial charge < -0.3 is 15.0 Å². The molecule has 0 radical (unpaired) electrons. The molecule has 1 amide bonds. The number of carbonyl (C=O) groups excluding carboxylic acids is 1. The molecular weight excluding hydrogens is 401 g/mol. The maximum absolute atomic E-state index is 12.2. The van der Waals surface area contributed by atoms with Gasteiger partial charge in [-0.15, -0.1) is 0 Å². The van der Waals surface area contributed by atoms with E-state index in [1.54, 1.807) is 12.1 Å². The minimum Gasteiger partial charge on any atom is -0.398 e. The summed E-state index contributed by atoms with van der Waals surface area (Å²) in [6.07, 6.45) is 1.75. The van der Waals surface area contributed by atoms with E-state index in [1.165, 1.54) is 13.4 Å². The smallest absolute Gasteiger partial charge is 0.256 e. The number of nitrogens with one attached hydrogen (secondary N) is 1. The van der Waals surface area contributed by atoms with Crippen molar-refractivity contribution in [1.82, 2.24) is 5.32 Å². The Hall–Kier alpha value is -2.57. The third-order valence-electron chi connectivity index (χ3n) is 4.49. The van der Waals surface area contributed by atoms with Crippen molar-refractivity contribution in [3.05, 3.63) is 68.7 Å². The quantitative estimate of drug-likeness (QED) is 0.435. The van der Waals surface area contributed by atoms with Gasteiger partial charge in [0, 0.05) is 27.6 Å². The van der Waals surface area contributed by atoms with E-state index >= 15 is 0 Å². The Balaban J connectivity index is 1.79. The second-order valence-electron chi connectivity index (χ2n) is 6.62. The maximum atomic E-state index is 12.2. The van der Waals surface area contributed by atoms with Gasteiger partial charge in [0.15, 0.2) is 5.60 Å². The number of halogens is 2. The van der Waals surface area contributed by atoms with Gasteiger partial charge >= 0.3 is 0 Å². The Bertz CT molecular complexity index is 955. The van der Waals surface area contributed by atoms with E-state index in [4.69, 9.17) is 28.0 Å². The molecule has 2 aromatic carbocycles. The zero-order valence-electron chi connectivity index (χ0n) is 15.6. The van der Waals surface area contributed by atoms with Gasteiger partial charge in [0.05, 0.1) is 5.71 Å². The Morgan fingerprint density at radius 3 is 2.64 bits per heavy atom. The summed E-state index contributed by atoms with van der Waals surface area (Å²) < 4.78 is 0. The molecule has 3 rings (SSSR count). The number of oxime groups is 2. The second kappa shape index (κ2) is 8.20. The molecule has 0 fully saturated rings. The minimum absolute atomic E-state index is 0.270. The van der Waals surface area contributed by atoms with Crippen LogP contribution in [0.25, 0.3) is 0 Å². The summed E-state index contributed by atoms with van der Waals surface area (Å²) in [5.74, 6) is -0.270. The molecule has 0 bridgehead atoms. The molecule has 0 aromatic heterocycles. The van der Waals surface area contributed by atoms with Crippen molar-refractivity contribution < 1.29 is 14.5 Å². The van der Waals surface area contributed by atoms with Crippen LogP contribution in [0.15, 0.2) is 46.7 Å². The monoisotopic (exact) mass is 419 g/mol. The van der Waals surface area contributed by atoms with Gasteiger partial charge in [-0.05, 0) is 55.3 Å². The lowest BCUT2D eigenvalue weighted by Gasteiger charge is -2.22. The molecule has 8 heteroatoms. The molecule has 2 aromatic rings. The normalized spacial score (nSPS) is 18.7. The zero-order valence-corrected chi connectivity index (χ0v) is 17.1. The van der Waals surface area contributed by atoms with Crippen LogP contribution >= 0.6 is 23.2 Å². The number of aryl methyl sites for hydroxylation is 1. The Morgan fingerprint density at radius 1 is 1.29 bits per heavy atom. The fourth-order valence-corrected chi connectivity index (χ4v) is 3.55. The highest BCUT2D eigenvalue weighted by Crippen LogP contribution is 2.38. The average molecular weight is 420 g/mol. The van der Waals surface area contributed by atoms with Crippen molar-refractivity contribution >= 4 is 41.2 Å². The Labute approximate surface area is 173 Å². The van der Waals surface area contributed by atoms with E-state index in [2.05, 4.69) is 20.5 Å². The van der Waals surface area contributed by atoms with E-state index in [-0.39, 0.29) is 5.91 Å². The largest absolute Gasteiger partial charge is 0.398 e. The first-order valence-corrected chi connectivity index (χ1v) is 9.26. The number of rotatable bonds is 5. The molecule has 1 heterocycles. The zero-order chi connectivity index (χ0) is 20.3. The summed E-state index contributed by atoms with van der Waals surface area (Å²) in [4.78, 5) is 22.5. The van der Waals surface area contributed by atoms with Crippen LogP contribution < -0.4 is 5.32 Å². The van der Waals surface area contributed by atoms with Crippen molar-refractivity contribution in [3.8, 4) is 0 Å². The topological polar surface area (TPSA) is 72.3 Å². The Kier molecular flexibility index (Phi) is 5.91. The lowest BCUT2D eigenvalue weighted by atomic mass is 9.88. The van der Waals surface area contributed by atoms with Crippen LogP contribution in [0.1, 0.15) is 40.4 Å². The summed E-state index contributed by atoms with van der Waals surface area (Å²) in [6, 6.07) is 10.8. The molecule has 1 aliphatic rings. The Morgan fingerprint density at radius 2 is 2.00 bits per heavy atom. The molecule has 0 spiro atoms. The predicted octanol–water partition coefficient (Wildman–Crippen LogP) is 4.66. The highest BCUT2D eigenvalue weighted by atomic mass is 35.5. The van der Waals surface area contributed by atoms with Gasteiger partial charge in [-0.3, -0.25) is 4.79 Å². The van der Waals surface area contributed by atoms with Crippen molar-refractivity contribution in [1.29, 1.82) is 0 Å². The number of hydrogen-bond donors (Lipinski definition) is 1. The summed E-state index contributed by atoms with van der Waals surface area (Å²) in [5.41, 5.74) is 3.21. The van der Waals surface area contributed by atoms with Crippen molar-refractivity contribution in [2.45, 2.75) is 25.9 Å². The number of benzene rings is 2. The van der Waals surface area contributed by atoms with Crippen LogP contribution in [0.4, 0.5) is 0 Å². The van der Waals surface area contributed by atoms with Gasteiger partial charge in [0.1, 0.15) is 13.4 Å². The average Bonchev–Trinajstić information content (AvgIpc) is 3.04. The number of nitrogens with zero attached hydrogens (tertiary/aromatic N) is 2. The fraction of sp³-hybridized carbons (Fsp3) is 0.250. The van der Waals surface area contributed by atoms with E-state index in [0.717, 1.165) is 22.4 Å². The van der Waals surface area contributed by atoms with Crippen molar-refractivity contribution in [3.63, 3.8) is 0 Å². The standard InChI is InChI=1S/C20H19Cl2N3O3/c1-12-6-13(4-5-17(12)19(26)23-11-24-27-3)18-10-20(2,28-25-18)14-7-15(21)9-16(22)8-14/h4-9,11H,10H2,1-3H3,(H,23,24,26)/t20-/m1/s1. The van der Waals surface area contributed by atoms with Gasteiger partial charge in [-0.25, -0.2) is 0 Å². The van der Waals surface area contributed by atoms with Gasteiger partial charge in [-0.1, -0.05) is 39.6 Å². The third-order valence-corrected chi connectivity index (χ3v) is 4.93. The van der Waals surface area contributed by atoms with Crippen LogP contribution in [0, 0.1) is 6.92 Å². The highest BCUT2D eigenvalue weighted by Gasteiger charge is 2.37. The summed E-state index contributed by atoms with van der Waals surface area (Å²) in [6.45, 7) is 3.80. The lowest BCUT2D eigenvalue weighted by Crippen LogP contribution is -2.23. The molecule has 1 atom stereocenters. The van der Waals surface area contributed by atoms with Crippen LogP contribution in [0.5, 0.6) is 0 Å². The molecule has 146 valence electrons. The third kappa shape index (κ3) is 4.29. The van der Waals surface area contributed by atoms with E-state index in [1.807, 2.05) is 38.1 Å². The SMILES string of the molecule is CO/N=C/NC(=O)c1ccc(C2=NO[C@@](C)(c3cc(Cl)cc(Cl)c3)C2)cc1C. The summed E-state index contributed by atoms with van der Waals surface area (Å²) in [5, 5.41) is 11.4. The lowest BCUT2D eigenvalue weighted by molar-refractivity contribution is -0.00737. The van der Waals surface area contributed by atoms with Crippen LogP contribution in [0.2, 0.25) is 10.0 Å². The molecule has 0 saturated heterocycles. The van der Waals surface area contributed by atoms with Gasteiger partial charge in [0.25, 0.3) is 5.91 Å². The minimum atomic E-state index is -0.662. The molecule has 1 N–H and O–H groups in total. The maximum Gasteiger partial charge on any atom is 0.256 e. The second-order valence-corrected chi connectivity index (χ2v) is 7.49. The molecule has 0 aliphatic carbocycles. The summed E-state index contributed by atoms with van der Waals surface area (Å²) >= 11 is 12.2. The van der Waals surface area contributed by atoms with E-state index in [9.17, 15) is 4.79 Å². The van der Waals surface area contributed by atoms with Crippen LogP contribution in [-0.2, 0) is 15.3 Å². The molecule has 6 nitrogen and oxygen atoms in total. The fourth-order valence-electron chi connectivity index (χ4n) is 3.02. The summed E-state index contributed by atoms with van der Waals surface area (Å²) in [7, 11) is 1.40. The highest BCUT2D eigenvalue weighted by molar-refractivity contribution is 6.34. The first-order valence-electron chi connectivity index (χ1n) is 8.51. The van der Waals surface area contributed by atoms with Gasteiger partial charge in [-0.2, -0.15) is 0 Å². The molecule has 0 unspecified atom stereocenters. The van der Waals surface area contributed by atoms with Crippen molar-refractivity contribution in [2.24, 2.45) is 10.3 Å². The first kappa shape index (κ1) is 20.2. The van der Waals surface area contributed by atoms with E-state index in [0.29, 0.717) is 22.0 Å². The number of amides is 1. The molecule has 1 aliphatic heterocycles. The molecule has 0 saturated carbocycles.